The van der Waals surface area contributed by atoms with Crippen LogP contribution in [0, 0.1) is 0 Å². The van der Waals surface area contributed by atoms with E-state index in [0.717, 1.165) is 16.3 Å². The number of benzene rings is 1. The van der Waals surface area contributed by atoms with Crippen LogP contribution in [0.5, 0.6) is 5.75 Å². The zero-order valence-electron chi connectivity index (χ0n) is 9.84. The van der Waals surface area contributed by atoms with Gasteiger partial charge >= 0.3 is 0 Å². The Balaban J connectivity index is 2.05. The van der Waals surface area contributed by atoms with Crippen LogP contribution in [0.25, 0.3) is 6.08 Å². The first-order valence-electron chi connectivity index (χ1n) is 5.37. The molecule has 0 atom stereocenters. The summed E-state index contributed by atoms with van der Waals surface area (Å²) >= 11 is 7.60. The number of pyridine rings is 1. The average Bonchev–Trinajstić information content (AvgIpc) is 2.41. The standard InChI is InChI=1S/C14H12ClNOS/c1-17-11-4-2-5-12(10-11)18-9-7-14-13(15)6-3-8-16-14/h2-10H,1H3/b9-7+. The van der Waals surface area contributed by atoms with Crippen LogP contribution < -0.4 is 4.74 Å². The fourth-order valence-electron chi connectivity index (χ4n) is 1.37. The van der Waals surface area contributed by atoms with Crippen LogP contribution in [-0.4, -0.2) is 12.1 Å². The molecule has 1 aromatic carbocycles. The van der Waals surface area contributed by atoms with Crippen LogP contribution in [0.1, 0.15) is 5.69 Å². The molecule has 0 radical (unpaired) electrons. The fourth-order valence-corrected chi connectivity index (χ4v) is 2.25. The summed E-state index contributed by atoms with van der Waals surface area (Å²) in [7, 11) is 1.66. The van der Waals surface area contributed by atoms with Gasteiger partial charge in [0.25, 0.3) is 0 Å². The van der Waals surface area contributed by atoms with Gasteiger partial charge in [0.2, 0.25) is 0 Å². The van der Waals surface area contributed by atoms with Crippen molar-refractivity contribution in [3.63, 3.8) is 0 Å². The number of hydrogen-bond acceptors (Lipinski definition) is 3. The van der Waals surface area contributed by atoms with Crippen molar-refractivity contribution in [2.24, 2.45) is 0 Å². The average molecular weight is 278 g/mol. The van der Waals surface area contributed by atoms with Crippen LogP contribution in [0.4, 0.5) is 0 Å². The number of hydrogen-bond donors (Lipinski definition) is 0. The number of methoxy groups -OCH3 is 1. The van der Waals surface area contributed by atoms with Crippen molar-refractivity contribution in [1.29, 1.82) is 0 Å². The SMILES string of the molecule is COc1cccc(S/C=C/c2ncccc2Cl)c1. The largest absolute Gasteiger partial charge is 0.497 e. The first-order valence-corrected chi connectivity index (χ1v) is 6.63. The van der Waals surface area contributed by atoms with Crippen molar-refractivity contribution in [2.75, 3.05) is 7.11 Å². The highest BCUT2D eigenvalue weighted by Gasteiger charge is 1.96. The lowest BCUT2D eigenvalue weighted by Gasteiger charge is -2.01. The lowest BCUT2D eigenvalue weighted by Crippen LogP contribution is -1.81. The molecule has 0 amide bonds. The normalized spacial score (nSPS) is 10.8. The molecule has 0 aliphatic carbocycles. The Morgan fingerprint density at radius 3 is 2.94 bits per heavy atom. The first-order chi connectivity index (χ1) is 8.79. The van der Waals surface area contributed by atoms with E-state index in [4.69, 9.17) is 16.3 Å². The zero-order chi connectivity index (χ0) is 12.8. The van der Waals surface area contributed by atoms with E-state index >= 15 is 0 Å². The highest BCUT2D eigenvalue weighted by atomic mass is 35.5. The van der Waals surface area contributed by atoms with E-state index in [1.165, 1.54) is 0 Å². The molecular formula is C14H12ClNOS. The van der Waals surface area contributed by atoms with Gasteiger partial charge in [-0.1, -0.05) is 29.4 Å². The van der Waals surface area contributed by atoms with Gasteiger partial charge in [0.15, 0.2) is 0 Å². The molecule has 0 saturated heterocycles. The number of halogens is 1. The summed E-state index contributed by atoms with van der Waals surface area (Å²) < 4.78 is 5.17. The molecule has 1 aromatic heterocycles. The van der Waals surface area contributed by atoms with E-state index in [1.807, 2.05) is 47.9 Å². The Labute approximate surface area is 116 Å². The number of ether oxygens (including phenoxy) is 1. The number of nitrogens with zero attached hydrogens (tertiary/aromatic N) is 1. The van der Waals surface area contributed by atoms with Crippen LogP contribution in [0.3, 0.4) is 0 Å². The Bertz CT molecular complexity index is 557. The van der Waals surface area contributed by atoms with Crippen molar-refractivity contribution in [2.45, 2.75) is 4.90 Å². The summed E-state index contributed by atoms with van der Waals surface area (Å²) in [5, 5.41) is 2.61. The molecular weight excluding hydrogens is 266 g/mol. The van der Waals surface area contributed by atoms with Gasteiger partial charge in [0, 0.05) is 11.1 Å². The second-order valence-electron chi connectivity index (χ2n) is 3.47. The Morgan fingerprint density at radius 1 is 1.28 bits per heavy atom. The molecule has 18 heavy (non-hydrogen) atoms. The van der Waals surface area contributed by atoms with Crippen molar-refractivity contribution in [3.8, 4) is 5.75 Å². The molecule has 0 saturated carbocycles. The first kappa shape index (κ1) is 13.0. The minimum Gasteiger partial charge on any atom is -0.497 e. The van der Waals surface area contributed by atoms with Gasteiger partial charge in [-0.25, -0.2) is 0 Å². The molecule has 4 heteroatoms. The second-order valence-corrected chi connectivity index (χ2v) is 4.86. The monoisotopic (exact) mass is 277 g/mol. The maximum atomic E-state index is 6.01. The molecule has 0 bridgehead atoms. The molecule has 2 rings (SSSR count). The maximum absolute atomic E-state index is 6.01. The zero-order valence-corrected chi connectivity index (χ0v) is 11.4. The Morgan fingerprint density at radius 2 is 2.17 bits per heavy atom. The van der Waals surface area contributed by atoms with Gasteiger partial charge < -0.3 is 4.74 Å². The summed E-state index contributed by atoms with van der Waals surface area (Å²) in [5.41, 5.74) is 0.773. The smallest absolute Gasteiger partial charge is 0.119 e. The second kappa shape index (κ2) is 6.47. The molecule has 0 unspecified atom stereocenters. The van der Waals surface area contributed by atoms with Gasteiger partial charge in [0.05, 0.1) is 17.8 Å². The summed E-state index contributed by atoms with van der Waals surface area (Å²) in [6.07, 6.45) is 3.62. The maximum Gasteiger partial charge on any atom is 0.119 e. The lowest BCUT2D eigenvalue weighted by molar-refractivity contribution is 0.413. The third-order valence-corrected chi connectivity index (χ3v) is 3.38. The van der Waals surface area contributed by atoms with E-state index in [0.29, 0.717) is 5.02 Å². The van der Waals surface area contributed by atoms with Gasteiger partial charge in [-0.15, -0.1) is 0 Å². The summed E-state index contributed by atoms with van der Waals surface area (Å²) in [5.74, 6) is 0.851. The molecule has 1 heterocycles. The van der Waals surface area contributed by atoms with Gasteiger partial charge in [-0.3, -0.25) is 4.98 Å². The van der Waals surface area contributed by atoms with Crippen LogP contribution in [-0.2, 0) is 0 Å². The van der Waals surface area contributed by atoms with Crippen molar-refractivity contribution in [3.05, 3.63) is 58.7 Å². The summed E-state index contributed by atoms with van der Waals surface area (Å²) in [4.78, 5) is 5.30. The molecule has 2 aromatic rings. The predicted octanol–water partition coefficient (Wildman–Crippen LogP) is 4.51. The van der Waals surface area contributed by atoms with Gasteiger partial charge in [-0.2, -0.15) is 0 Å². The molecule has 0 aliphatic heterocycles. The van der Waals surface area contributed by atoms with E-state index < -0.39 is 0 Å². The molecule has 2 nitrogen and oxygen atoms in total. The minimum atomic E-state index is 0.653. The minimum absolute atomic E-state index is 0.653. The third-order valence-electron chi connectivity index (χ3n) is 2.26. The molecule has 0 aliphatic rings. The lowest BCUT2D eigenvalue weighted by atomic mass is 10.3. The Kier molecular flexibility index (Phi) is 4.67. The van der Waals surface area contributed by atoms with Crippen molar-refractivity contribution < 1.29 is 4.74 Å². The topological polar surface area (TPSA) is 22.1 Å². The van der Waals surface area contributed by atoms with Crippen LogP contribution >= 0.6 is 23.4 Å². The summed E-state index contributed by atoms with van der Waals surface area (Å²) in [6, 6.07) is 11.5. The third kappa shape index (κ3) is 3.52. The molecule has 0 N–H and O–H groups in total. The molecule has 92 valence electrons. The number of aromatic nitrogens is 1. The van der Waals surface area contributed by atoms with Crippen LogP contribution in [0.15, 0.2) is 52.9 Å². The number of rotatable bonds is 4. The molecule has 0 fully saturated rings. The van der Waals surface area contributed by atoms with Crippen molar-refractivity contribution >= 4 is 29.4 Å². The quantitative estimate of drug-likeness (QED) is 0.768. The molecule has 0 spiro atoms. The van der Waals surface area contributed by atoms with E-state index in [-0.39, 0.29) is 0 Å². The number of thioether (sulfide) groups is 1. The van der Waals surface area contributed by atoms with Gasteiger partial charge in [0.1, 0.15) is 5.75 Å². The highest BCUT2D eigenvalue weighted by Crippen LogP contribution is 2.25. The van der Waals surface area contributed by atoms with E-state index in [1.54, 1.807) is 25.1 Å². The fraction of sp³-hybridized carbons (Fsp3) is 0.0714. The van der Waals surface area contributed by atoms with Crippen LogP contribution in [0.2, 0.25) is 5.02 Å². The van der Waals surface area contributed by atoms with E-state index in [9.17, 15) is 0 Å². The van der Waals surface area contributed by atoms with Crippen molar-refractivity contribution in [1.82, 2.24) is 4.98 Å². The predicted molar refractivity (Wildman–Crippen MR) is 77.1 cm³/mol. The Hall–Kier alpha value is -1.45. The van der Waals surface area contributed by atoms with E-state index in [2.05, 4.69) is 4.98 Å². The summed E-state index contributed by atoms with van der Waals surface area (Å²) in [6.45, 7) is 0. The van der Waals surface area contributed by atoms with Gasteiger partial charge in [-0.05, 0) is 41.8 Å². The highest BCUT2D eigenvalue weighted by molar-refractivity contribution is 8.02.